The maximum absolute atomic E-state index is 11.7. The van der Waals surface area contributed by atoms with E-state index in [9.17, 15) is 9.59 Å². The Kier molecular flexibility index (Phi) is 3.48. The Bertz CT molecular complexity index is 685. The molecule has 1 aromatic heterocycles. The lowest BCUT2D eigenvalue weighted by atomic mass is 10.1. The molecule has 1 aliphatic carbocycles. The summed E-state index contributed by atoms with van der Waals surface area (Å²) in [6.45, 7) is 0. The molecule has 1 aliphatic rings. The molecule has 1 N–H and O–H groups in total. The molecule has 1 saturated carbocycles. The third-order valence-corrected chi connectivity index (χ3v) is 3.39. The fraction of sp³-hybridized carbons (Fsp3) is 0.250. The second-order valence-corrected chi connectivity index (χ2v) is 4.99. The molecule has 21 heavy (non-hydrogen) atoms. The highest BCUT2D eigenvalue weighted by Gasteiger charge is 2.23. The summed E-state index contributed by atoms with van der Waals surface area (Å²) in [6, 6.07) is 9.05. The molecule has 0 aliphatic heterocycles. The Morgan fingerprint density at radius 3 is 2.76 bits per heavy atom. The van der Waals surface area contributed by atoms with Gasteiger partial charge in [0.2, 0.25) is 0 Å². The Morgan fingerprint density at radius 2 is 2.14 bits per heavy atom. The Balaban J connectivity index is 2.03. The third-order valence-electron chi connectivity index (χ3n) is 3.39. The average Bonchev–Trinajstić information content (AvgIpc) is 3.20. The van der Waals surface area contributed by atoms with Crippen LogP contribution in [0.3, 0.4) is 0 Å². The van der Waals surface area contributed by atoms with Crippen molar-refractivity contribution in [2.75, 3.05) is 12.4 Å². The van der Waals surface area contributed by atoms with E-state index in [4.69, 9.17) is 9.15 Å². The van der Waals surface area contributed by atoms with Crippen molar-refractivity contribution in [3.63, 3.8) is 0 Å². The quantitative estimate of drug-likeness (QED) is 0.675. The van der Waals surface area contributed by atoms with Crippen LogP contribution >= 0.6 is 0 Å². The van der Waals surface area contributed by atoms with Gasteiger partial charge in [0.05, 0.1) is 12.7 Å². The van der Waals surface area contributed by atoms with E-state index in [1.165, 1.54) is 7.11 Å². The number of carbonyl (C=O) groups excluding carboxylic acids is 2. The first-order valence-electron chi connectivity index (χ1n) is 6.75. The van der Waals surface area contributed by atoms with Crippen LogP contribution in [0.25, 0.3) is 11.3 Å². The summed E-state index contributed by atoms with van der Waals surface area (Å²) in [7, 11) is 1.34. The van der Waals surface area contributed by atoms with Crippen molar-refractivity contribution >= 4 is 17.9 Å². The van der Waals surface area contributed by atoms with Crippen LogP contribution in [0.15, 0.2) is 34.7 Å². The first-order valence-corrected chi connectivity index (χ1v) is 6.75. The number of carbonyl (C=O) groups is 2. The number of esters is 1. The fourth-order valence-electron chi connectivity index (χ4n) is 2.13. The lowest BCUT2D eigenvalue weighted by molar-refractivity contribution is 0.0600. The summed E-state index contributed by atoms with van der Waals surface area (Å²) >= 11 is 0. The Hall–Kier alpha value is -2.56. The molecule has 5 nitrogen and oxygen atoms in total. The highest BCUT2D eigenvalue weighted by atomic mass is 16.5. The standard InChI is InChI=1S/C16H15NO4/c1-20-16(19)10-2-6-14(17-11-3-4-11)13(8-10)15-7-5-12(9-18)21-15/h2,5-9,11,17H,3-4H2,1H3. The zero-order valence-electron chi connectivity index (χ0n) is 11.6. The number of hydrogen-bond acceptors (Lipinski definition) is 5. The van der Waals surface area contributed by atoms with Crippen molar-refractivity contribution in [2.45, 2.75) is 18.9 Å². The first kappa shape index (κ1) is 13.4. The first-order chi connectivity index (χ1) is 10.2. The molecule has 0 unspecified atom stereocenters. The second-order valence-electron chi connectivity index (χ2n) is 4.99. The summed E-state index contributed by atoms with van der Waals surface area (Å²) in [5.41, 5.74) is 2.08. The number of ether oxygens (including phenoxy) is 1. The maximum atomic E-state index is 11.7. The molecular weight excluding hydrogens is 270 g/mol. The summed E-state index contributed by atoms with van der Waals surface area (Å²) < 4.78 is 10.2. The fourth-order valence-corrected chi connectivity index (χ4v) is 2.13. The summed E-state index contributed by atoms with van der Waals surface area (Å²) in [4.78, 5) is 22.4. The summed E-state index contributed by atoms with van der Waals surface area (Å²) in [5.74, 6) is 0.397. The Morgan fingerprint density at radius 1 is 1.33 bits per heavy atom. The molecule has 3 rings (SSSR count). The van der Waals surface area contributed by atoms with E-state index < -0.39 is 5.97 Å². The van der Waals surface area contributed by atoms with Crippen LogP contribution in [0.1, 0.15) is 33.8 Å². The predicted octanol–water partition coefficient (Wildman–Crippen LogP) is 3.12. The van der Waals surface area contributed by atoms with Gasteiger partial charge in [-0.1, -0.05) is 0 Å². The van der Waals surface area contributed by atoms with Crippen LogP contribution in [-0.4, -0.2) is 25.4 Å². The predicted molar refractivity (Wildman–Crippen MR) is 77.5 cm³/mol. The maximum Gasteiger partial charge on any atom is 0.337 e. The minimum Gasteiger partial charge on any atom is -0.465 e. The van der Waals surface area contributed by atoms with Crippen molar-refractivity contribution < 1.29 is 18.7 Å². The van der Waals surface area contributed by atoms with E-state index in [-0.39, 0.29) is 5.76 Å². The lowest BCUT2D eigenvalue weighted by Crippen LogP contribution is -2.05. The van der Waals surface area contributed by atoms with E-state index in [0.29, 0.717) is 23.7 Å². The van der Waals surface area contributed by atoms with Crippen LogP contribution in [0, 0.1) is 0 Å². The topological polar surface area (TPSA) is 68.5 Å². The highest BCUT2D eigenvalue weighted by molar-refractivity contribution is 5.93. The number of aldehydes is 1. The smallest absolute Gasteiger partial charge is 0.337 e. The molecule has 0 amide bonds. The van der Waals surface area contributed by atoms with Gasteiger partial charge in [-0.05, 0) is 43.2 Å². The lowest BCUT2D eigenvalue weighted by Gasteiger charge is -2.11. The van der Waals surface area contributed by atoms with Crippen LogP contribution < -0.4 is 5.32 Å². The molecule has 0 bridgehead atoms. The van der Waals surface area contributed by atoms with Crippen molar-refractivity contribution in [3.8, 4) is 11.3 Å². The summed E-state index contributed by atoms with van der Waals surface area (Å²) in [6.07, 6.45) is 2.92. The van der Waals surface area contributed by atoms with E-state index in [2.05, 4.69) is 5.32 Å². The monoisotopic (exact) mass is 285 g/mol. The zero-order chi connectivity index (χ0) is 14.8. The minimum absolute atomic E-state index is 0.255. The van der Waals surface area contributed by atoms with E-state index in [1.54, 1.807) is 24.3 Å². The van der Waals surface area contributed by atoms with Crippen molar-refractivity contribution in [2.24, 2.45) is 0 Å². The molecule has 1 heterocycles. The third kappa shape index (κ3) is 2.81. The van der Waals surface area contributed by atoms with E-state index in [1.807, 2.05) is 6.07 Å². The van der Waals surface area contributed by atoms with Gasteiger partial charge in [-0.2, -0.15) is 0 Å². The van der Waals surface area contributed by atoms with Gasteiger partial charge in [-0.15, -0.1) is 0 Å². The van der Waals surface area contributed by atoms with Gasteiger partial charge in [-0.25, -0.2) is 4.79 Å². The van der Waals surface area contributed by atoms with E-state index >= 15 is 0 Å². The van der Waals surface area contributed by atoms with Gasteiger partial charge < -0.3 is 14.5 Å². The highest BCUT2D eigenvalue weighted by Crippen LogP contribution is 2.34. The van der Waals surface area contributed by atoms with Gasteiger partial charge in [0.25, 0.3) is 0 Å². The molecule has 0 atom stereocenters. The molecular formula is C16H15NO4. The van der Waals surface area contributed by atoms with Crippen LogP contribution in [0.4, 0.5) is 5.69 Å². The minimum atomic E-state index is -0.406. The number of anilines is 1. The number of furan rings is 1. The molecule has 0 saturated heterocycles. The van der Waals surface area contributed by atoms with Crippen LogP contribution in [0.5, 0.6) is 0 Å². The van der Waals surface area contributed by atoms with Crippen LogP contribution in [-0.2, 0) is 4.74 Å². The number of methoxy groups -OCH3 is 1. The van der Waals surface area contributed by atoms with Gasteiger partial charge in [0.1, 0.15) is 5.76 Å². The summed E-state index contributed by atoms with van der Waals surface area (Å²) in [5, 5.41) is 3.39. The Labute approximate surface area is 121 Å². The van der Waals surface area contributed by atoms with Gasteiger partial charge in [0.15, 0.2) is 12.0 Å². The number of nitrogens with one attached hydrogen (secondary N) is 1. The molecule has 1 fully saturated rings. The largest absolute Gasteiger partial charge is 0.465 e. The molecule has 1 aromatic carbocycles. The SMILES string of the molecule is COC(=O)c1ccc(NC2CC2)c(-c2ccc(C=O)o2)c1. The zero-order valence-corrected chi connectivity index (χ0v) is 11.6. The van der Waals surface area contributed by atoms with Gasteiger partial charge in [0, 0.05) is 17.3 Å². The normalized spacial score (nSPS) is 13.8. The average molecular weight is 285 g/mol. The number of hydrogen-bond donors (Lipinski definition) is 1. The molecule has 0 spiro atoms. The van der Waals surface area contributed by atoms with Gasteiger partial charge in [-0.3, -0.25) is 4.79 Å². The van der Waals surface area contributed by atoms with Crippen LogP contribution in [0.2, 0.25) is 0 Å². The molecule has 108 valence electrons. The second kappa shape index (κ2) is 5.44. The molecule has 0 radical (unpaired) electrons. The van der Waals surface area contributed by atoms with Crippen molar-refractivity contribution in [3.05, 3.63) is 41.7 Å². The molecule has 5 heteroatoms. The van der Waals surface area contributed by atoms with Crippen molar-refractivity contribution in [1.29, 1.82) is 0 Å². The van der Waals surface area contributed by atoms with E-state index in [0.717, 1.165) is 24.1 Å². The number of benzene rings is 1. The van der Waals surface area contributed by atoms with Crippen molar-refractivity contribution in [1.82, 2.24) is 0 Å². The van der Waals surface area contributed by atoms with Gasteiger partial charge >= 0.3 is 5.97 Å². The molecule has 2 aromatic rings. The number of rotatable bonds is 5.